The molecule has 1 unspecified atom stereocenters. The number of thiazole rings is 1. The van der Waals surface area contributed by atoms with Crippen molar-refractivity contribution in [3.8, 4) is 0 Å². The quantitative estimate of drug-likeness (QED) is 0.912. The topological polar surface area (TPSA) is 24.9 Å². The van der Waals surface area contributed by atoms with Crippen LogP contribution in [0.4, 0.5) is 0 Å². The van der Waals surface area contributed by atoms with E-state index in [1.807, 2.05) is 25.4 Å². The molecular formula is C10H11ClN2S2. The molecule has 0 fully saturated rings. The molecule has 2 aromatic heterocycles. The van der Waals surface area contributed by atoms with Gasteiger partial charge in [0.2, 0.25) is 0 Å². The second-order valence-electron chi connectivity index (χ2n) is 3.15. The van der Waals surface area contributed by atoms with Gasteiger partial charge in [0.1, 0.15) is 0 Å². The molecule has 0 bridgehead atoms. The second kappa shape index (κ2) is 4.61. The van der Waals surface area contributed by atoms with E-state index in [1.165, 1.54) is 0 Å². The number of aromatic nitrogens is 1. The zero-order valence-electron chi connectivity index (χ0n) is 8.45. The molecule has 5 heteroatoms. The van der Waals surface area contributed by atoms with E-state index in [2.05, 4.69) is 15.7 Å². The summed E-state index contributed by atoms with van der Waals surface area (Å²) < 4.78 is 0. The highest BCUT2D eigenvalue weighted by Crippen LogP contribution is 2.32. The minimum absolute atomic E-state index is 0.113. The van der Waals surface area contributed by atoms with Crippen molar-refractivity contribution in [2.75, 3.05) is 7.05 Å². The van der Waals surface area contributed by atoms with Gasteiger partial charge in [-0.15, -0.1) is 22.7 Å². The summed E-state index contributed by atoms with van der Waals surface area (Å²) in [6, 6.07) is 2.04. The number of rotatable bonds is 3. The number of halogens is 1. The molecule has 0 saturated heterocycles. The molecular weight excluding hydrogens is 248 g/mol. The van der Waals surface area contributed by atoms with Crippen LogP contribution in [-0.4, -0.2) is 12.0 Å². The normalized spacial score (nSPS) is 13.0. The van der Waals surface area contributed by atoms with Gasteiger partial charge in [0.05, 0.1) is 21.8 Å². The van der Waals surface area contributed by atoms with Crippen molar-refractivity contribution in [2.45, 2.75) is 13.0 Å². The molecule has 0 spiro atoms. The highest BCUT2D eigenvalue weighted by Gasteiger charge is 2.18. The Balaban J connectivity index is 2.36. The largest absolute Gasteiger partial charge is 0.307 e. The average Bonchev–Trinajstić information content (AvgIpc) is 2.79. The number of hydrogen-bond donors (Lipinski definition) is 1. The third-order valence-corrected chi connectivity index (χ3v) is 4.34. The van der Waals surface area contributed by atoms with Gasteiger partial charge in [0.25, 0.3) is 0 Å². The van der Waals surface area contributed by atoms with E-state index < -0.39 is 0 Å². The minimum atomic E-state index is 0.113. The van der Waals surface area contributed by atoms with E-state index in [-0.39, 0.29) is 6.04 Å². The molecule has 1 N–H and O–H groups in total. The zero-order chi connectivity index (χ0) is 10.8. The molecule has 0 aromatic carbocycles. The predicted molar refractivity (Wildman–Crippen MR) is 67.1 cm³/mol. The van der Waals surface area contributed by atoms with Gasteiger partial charge in [-0.2, -0.15) is 0 Å². The summed E-state index contributed by atoms with van der Waals surface area (Å²) in [5.41, 5.74) is 1.05. The van der Waals surface area contributed by atoms with Gasteiger partial charge in [-0.25, -0.2) is 4.98 Å². The lowest BCUT2D eigenvalue weighted by molar-refractivity contribution is 0.685. The van der Waals surface area contributed by atoms with Crippen LogP contribution in [0.3, 0.4) is 0 Å². The molecule has 0 saturated carbocycles. The third-order valence-electron chi connectivity index (χ3n) is 2.13. The van der Waals surface area contributed by atoms with Crippen molar-refractivity contribution in [1.29, 1.82) is 0 Å². The summed E-state index contributed by atoms with van der Waals surface area (Å²) in [5.74, 6) is 0. The SMILES string of the molecule is CNC(c1csc(C)n1)c1sccc1Cl. The Morgan fingerprint density at radius 1 is 1.47 bits per heavy atom. The Bertz CT molecular complexity index is 450. The molecule has 0 radical (unpaired) electrons. The fourth-order valence-corrected chi connectivity index (χ4v) is 3.36. The third kappa shape index (κ3) is 2.23. The molecule has 2 heterocycles. The molecule has 2 aromatic rings. The number of thiophene rings is 1. The Morgan fingerprint density at radius 3 is 2.73 bits per heavy atom. The summed E-state index contributed by atoms with van der Waals surface area (Å²) in [5, 5.41) is 9.21. The van der Waals surface area contributed by atoms with Crippen molar-refractivity contribution in [2.24, 2.45) is 0 Å². The number of aryl methyl sites for hydroxylation is 1. The molecule has 0 aliphatic carbocycles. The first kappa shape index (κ1) is 11.1. The Morgan fingerprint density at radius 2 is 2.27 bits per heavy atom. The first-order valence-corrected chi connectivity index (χ1v) is 6.68. The van der Waals surface area contributed by atoms with Crippen molar-refractivity contribution in [3.05, 3.63) is 37.4 Å². The van der Waals surface area contributed by atoms with Gasteiger partial charge in [0, 0.05) is 10.3 Å². The highest BCUT2D eigenvalue weighted by atomic mass is 35.5. The number of hydrogen-bond acceptors (Lipinski definition) is 4. The van der Waals surface area contributed by atoms with E-state index in [9.17, 15) is 0 Å². The maximum absolute atomic E-state index is 6.12. The second-order valence-corrected chi connectivity index (χ2v) is 5.56. The molecule has 1 atom stereocenters. The van der Waals surface area contributed by atoms with E-state index in [0.717, 1.165) is 20.6 Å². The van der Waals surface area contributed by atoms with E-state index in [4.69, 9.17) is 11.6 Å². The molecule has 0 aliphatic rings. The van der Waals surface area contributed by atoms with Gasteiger partial charge in [-0.1, -0.05) is 11.6 Å². The van der Waals surface area contributed by atoms with Crippen LogP contribution in [0.1, 0.15) is 21.6 Å². The predicted octanol–water partition coefficient (Wildman–Crippen LogP) is 3.48. The van der Waals surface area contributed by atoms with Crippen molar-refractivity contribution >= 4 is 34.3 Å². The van der Waals surface area contributed by atoms with Crippen LogP contribution in [0, 0.1) is 6.92 Å². The maximum atomic E-state index is 6.12. The van der Waals surface area contributed by atoms with Crippen molar-refractivity contribution in [1.82, 2.24) is 10.3 Å². The fraction of sp³-hybridized carbons (Fsp3) is 0.300. The van der Waals surface area contributed by atoms with Gasteiger partial charge >= 0.3 is 0 Å². The highest BCUT2D eigenvalue weighted by molar-refractivity contribution is 7.11. The Hall–Kier alpha value is -0.420. The zero-order valence-corrected chi connectivity index (χ0v) is 10.8. The monoisotopic (exact) mass is 258 g/mol. The van der Waals surface area contributed by atoms with E-state index >= 15 is 0 Å². The Labute approximate surface area is 102 Å². The molecule has 0 aliphatic heterocycles. The smallest absolute Gasteiger partial charge is 0.0898 e. The first-order chi connectivity index (χ1) is 7.22. The van der Waals surface area contributed by atoms with E-state index in [0.29, 0.717) is 0 Å². The summed E-state index contributed by atoms with van der Waals surface area (Å²) in [6.07, 6.45) is 0. The van der Waals surface area contributed by atoms with Crippen LogP contribution in [0.5, 0.6) is 0 Å². The van der Waals surface area contributed by atoms with Crippen LogP contribution in [0.15, 0.2) is 16.8 Å². The lowest BCUT2D eigenvalue weighted by atomic mass is 10.2. The maximum Gasteiger partial charge on any atom is 0.0898 e. The minimum Gasteiger partial charge on any atom is -0.307 e. The lowest BCUT2D eigenvalue weighted by Gasteiger charge is -2.12. The van der Waals surface area contributed by atoms with E-state index in [1.54, 1.807) is 22.7 Å². The first-order valence-electron chi connectivity index (χ1n) is 4.54. The molecule has 0 amide bonds. The summed E-state index contributed by atoms with van der Waals surface area (Å²) in [4.78, 5) is 5.61. The molecule has 15 heavy (non-hydrogen) atoms. The summed E-state index contributed by atoms with van der Waals surface area (Å²) in [6.45, 7) is 2.01. The molecule has 2 nitrogen and oxygen atoms in total. The van der Waals surface area contributed by atoms with Crippen LogP contribution in [-0.2, 0) is 0 Å². The van der Waals surface area contributed by atoms with Gasteiger partial charge in [-0.3, -0.25) is 0 Å². The van der Waals surface area contributed by atoms with Gasteiger partial charge in [0.15, 0.2) is 0 Å². The molecule has 80 valence electrons. The van der Waals surface area contributed by atoms with Crippen molar-refractivity contribution in [3.63, 3.8) is 0 Å². The average molecular weight is 259 g/mol. The van der Waals surface area contributed by atoms with Crippen LogP contribution in [0.25, 0.3) is 0 Å². The molecule has 2 rings (SSSR count). The van der Waals surface area contributed by atoms with Crippen LogP contribution in [0.2, 0.25) is 5.02 Å². The Kier molecular flexibility index (Phi) is 3.41. The number of nitrogens with zero attached hydrogens (tertiary/aromatic N) is 1. The summed E-state index contributed by atoms with van der Waals surface area (Å²) >= 11 is 9.43. The summed E-state index contributed by atoms with van der Waals surface area (Å²) in [7, 11) is 1.93. The fourth-order valence-electron chi connectivity index (χ4n) is 1.44. The van der Waals surface area contributed by atoms with Crippen molar-refractivity contribution < 1.29 is 0 Å². The van der Waals surface area contributed by atoms with Crippen LogP contribution < -0.4 is 5.32 Å². The van der Waals surface area contributed by atoms with Gasteiger partial charge < -0.3 is 5.32 Å². The lowest BCUT2D eigenvalue weighted by Crippen LogP contribution is -2.17. The van der Waals surface area contributed by atoms with Gasteiger partial charge in [-0.05, 0) is 25.4 Å². The van der Waals surface area contributed by atoms with Crippen LogP contribution >= 0.6 is 34.3 Å². The standard InChI is InChI=1S/C10H11ClN2S2/c1-6-13-8(5-15-6)9(12-2)10-7(11)3-4-14-10/h3-5,9,12H,1-2H3. The number of nitrogens with one attached hydrogen (secondary N) is 1.